The van der Waals surface area contributed by atoms with E-state index in [2.05, 4.69) is 5.32 Å². The molecular weight excluding hydrogens is 389 g/mol. The van der Waals surface area contributed by atoms with Gasteiger partial charge in [0.05, 0.1) is 27.6 Å². The predicted molar refractivity (Wildman–Crippen MR) is 93.8 cm³/mol. The first-order valence-corrected chi connectivity index (χ1v) is 11.9. The smallest absolute Gasteiger partial charge is 0.183 e. The predicted octanol–water partition coefficient (Wildman–Crippen LogP) is 1.19. The van der Waals surface area contributed by atoms with E-state index in [0.717, 1.165) is 17.8 Å². The van der Waals surface area contributed by atoms with Gasteiger partial charge in [0.2, 0.25) is 0 Å². The van der Waals surface area contributed by atoms with E-state index in [4.69, 9.17) is 16.0 Å². The highest BCUT2D eigenvalue weighted by molar-refractivity contribution is 8.03. The van der Waals surface area contributed by atoms with Gasteiger partial charge in [0.1, 0.15) is 5.82 Å². The summed E-state index contributed by atoms with van der Waals surface area (Å²) < 4.78 is 18.8. The van der Waals surface area contributed by atoms with E-state index in [9.17, 15) is 24.2 Å². The van der Waals surface area contributed by atoms with Crippen molar-refractivity contribution in [1.29, 1.82) is 0 Å². The molecular formula is C15H17ClFNO5SSi-2. The van der Waals surface area contributed by atoms with Gasteiger partial charge in [-0.25, -0.2) is 4.39 Å². The Morgan fingerprint density at radius 2 is 1.88 bits per heavy atom. The van der Waals surface area contributed by atoms with E-state index < -0.39 is 31.6 Å². The van der Waals surface area contributed by atoms with Gasteiger partial charge in [-0.3, -0.25) is 0 Å². The standard InChI is InChI=1S/C15H19ClFNO5SSi/c1-25(2,3)23-6-7-24-13(12(14(19)20)15(21)22)18-9-4-5-11(17)10(16)8-9/h4-5,8,18H,6-7H2,1-3H3,(H,19,20)(H,21,22)/p-2. The van der Waals surface area contributed by atoms with Crippen LogP contribution in [0.4, 0.5) is 10.1 Å². The van der Waals surface area contributed by atoms with Gasteiger partial charge in [-0.2, -0.15) is 0 Å². The van der Waals surface area contributed by atoms with Crippen molar-refractivity contribution in [2.45, 2.75) is 19.6 Å². The van der Waals surface area contributed by atoms with Gasteiger partial charge in [0.25, 0.3) is 0 Å². The molecule has 1 rings (SSSR count). The van der Waals surface area contributed by atoms with Gasteiger partial charge in [0.15, 0.2) is 8.32 Å². The Labute approximate surface area is 155 Å². The molecule has 0 radical (unpaired) electrons. The monoisotopic (exact) mass is 405 g/mol. The second kappa shape index (κ2) is 9.23. The average molecular weight is 406 g/mol. The Morgan fingerprint density at radius 1 is 1.28 bits per heavy atom. The van der Waals surface area contributed by atoms with Crippen LogP contribution in [0.2, 0.25) is 24.7 Å². The molecule has 0 fully saturated rings. The number of carboxylic acid groups (broad SMARTS) is 2. The molecule has 0 saturated carbocycles. The second-order valence-corrected chi connectivity index (χ2v) is 11.9. The number of halogens is 2. The van der Waals surface area contributed by atoms with Gasteiger partial charge in [-0.1, -0.05) is 11.6 Å². The molecule has 1 aromatic carbocycles. The molecule has 0 aliphatic heterocycles. The molecule has 0 bridgehead atoms. The van der Waals surface area contributed by atoms with E-state index >= 15 is 0 Å². The van der Waals surface area contributed by atoms with E-state index in [-0.39, 0.29) is 15.7 Å². The number of benzene rings is 1. The molecule has 0 aliphatic rings. The van der Waals surface area contributed by atoms with Crippen LogP contribution in [0.25, 0.3) is 0 Å². The zero-order valence-corrected chi connectivity index (χ0v) is 16.4. The summed E-state index contributed by atoms with van der Waals surface area (Å²) in [5, 5.41) is 24.5. The molecule has 10 heteroatoms. The fraction of sp³-hybridized carbons (Fsp3) is 0.333. The van der Waals surface area contributed by atoms with Gasteiger partial charge in [-0.05, 0) is 37.8 Å². The summed E-state index contributed by atoms with van der Waals surface area (Å²) in [6.45, 7) is 6.27. The number of hydrogen-bond donors (Lipinski definition) is 1. The minimum atomic E-state index is -1.89. The number of nitrogens with one attached hydrogen (secondary N) is 1. The Bertz CT molecular complexity index is 677. The highest BCUT2D eigenvalue weighted by Gasteiger charge is 2.15. The molecule has 0 aromatic heterocycles. The molecule has 1 N–H and O–H groups in total. The van der Waals surface area contributed by atoms with Crippen LogP contribution in [-0.4, -0.2) is 32.6 Å². The van der Waals surface area contributed by atoms with Crippen LogP contribution in [-0.2, 0) is 14.0 Å². The van der Waals surface area contributed by atoms with Crippen LogP contribution >= 0.6 is 23.4 Å². The summed E-state index contributed by atoms with van der Waals surface area (Å²) in [5.74, 6) is -4.15. The van der Waals surface area contributed by atoms with E-state index in [1.807, 2.05) is 19.6 Å². The zero-order valence-electron chi connectivity index (χ0n) is 13.9. The topological polar surface area (TPSA) is 102 Å². The molecule has 0 spiro atoms. The van der Waals surface area contributed by atoms with Gasteiger partial charge in [-0.15, -0.1) is 11.8 Å². The summed E-state index contributed by atoms with van der Waals surface area (Å²) in [4.78, 5) is 22.3. The minimum Gasteiger partial charge on any atom is -0.545 e. The SMILES string of the molecule is C[Si](C)(C)OCCSC(Nc1ccc(F)c(Cl)c1)=C(C(=O)[O-])C(=O)[O-]. The minimum absolute atomic E-state index is 0.195. The number of carbonyl (C=O) groups is 2. The lowest BCUT2D eigenvalue weighted by molar-refractivity contribution is -0.312. The number of rotatable bonds is 9. The number of carboxylic acids is 2. The molecule has 0 unspecified atom stereocenters. The summed E-state index contributed by atoms with van der Waals surface area (Å²) in [6, 6.07) is 3.57. The first kappa shape index (κ1) is 21.5. The first-order chi connectivity index (χ1) is 11.5. The highest BCUT2D eigenvalue weighted by atomic mass is 35.5. The maximum Gasteiger partial charge on any atom is 0.183 e. The van der Waals surface area contributed by atoms with Crippen LogP contribution in [0.3, 0.4) is 0 Å². The third-order valence-electron chi connectivity index (χ3n) is 2.68. The Morgan fingerprint density at radius 3 is 2.36 bits per heavy atom. The highest BCUT2D eigenvalue weighted by Crippen LogP contribution is 2.26. The Kier molecular flexibility index (Phi) is 7.93. The molecule has 0 aliphatic carbocycles. The van der Waals surface area contributed by atoms with Crippen molar-refractivity contribution in [2.75, 3.05) is 17.7 Å². The number of anilines is 1. The molecule has 0 amide bonds. The maximum absolute atomic E-state index is 13.2. The first-order valence-electron chi connectivity index (χ1n) is 7.17. The third kappa shape index (κ3) is 7.47. The fourth-order valence-corrected chi connectivity index (χ4v) is 3.55. The third-order valence-corrected chi connectivity index (χ3v) is 5.00. The van der Waals surface area contributed by atoms with Crippen molar-refractivity contribution in [1.82, 2.24) is 0 Å². The number of aliphatic carboxylic acids is 2. The molecule has 0 saturated heterocycles. The zero-order chi connectivity index (χ0) is 19.2. The normalized spacial score (nSPS) is 11.1. The average Bonchev–Trinajstić information content (AvgIpc) is 2.45. The van der Waals surface area contributed by atoms with E-state index in [0.29, 0.717) is 12.4 Å². The van der Waals surface area contributed by atoms with Crippen molar-refractivity contribution in [3.05, 3.63) is 39.6 Å². The summed E-state index contributed by atoms with van der Waals surface area (Å²) in [7, 11) is -1.75. The lowest BCUT2D eigenvalue weighted by atomic mass is 10.2. The van der Waals surface area contributed by atoms with E-state index in [1.165, 1.54) is 12.1 Å². The summed E-state index contributed by atoms with van der Waals surface area (Å²) >= 11 is 6.59. The van der Waals surface area contributed by atoms with Crippen molar-refractivity contribution < 1.29 is 28.6 Å². The number of thioether (sulfide) groups is 1. The van der Waals surface area contributed by atoms with Crippen LogP contribution in [0, 0.1) is 5.82 Å². The molecule has 0 heterocycles. The van der Waals surface area contributed by atoms with Crippen LogP contribution < -0.4 is 15.5 Å². The molecule has 0 atom stereocenters. The molecule has 1 aromatic rings. The largest absolute Gasteiger partial charge is 0.545 e. The number of carbonyl (C=O) groups excluding carboxylic acids is 2. The van der Waals surface area contributed by atoms with Crippen molar-refractivity contribution in [3.63, 3.8) is 0 Å². The maximum atomic E-state index is 13.2. The quantitative estimate of drug-likeness (QED) is 0.216. The molecule has 25 heavy (non-hydrogen) atoms. The van der Waals surface area contributed by atoms with Crippen LogP contribution in [0.15, 0.2) is 28.8 Å². The van der Waals surface area contributed by atoms with Crippen LogP contribution in [0.1, 0.15) is 0 Å². The van der Waals surface area contributed by atoms with Gasteiger partial charge in [0, 0.05) is 18.0 Å². The van der Waals surface area contributed by atoms with Crippen molar-refractivity contribution in [2.24, 2.45) is 0 Å². The molecule has 6 nitrogen and oxygen atoms in total. The Balaban J connectivity index is 3.02. The Hall–Kier alpha value is -1.55. The van der Waals surface area contributed by atoms with Crippen molar-refractivity contribution in [3.8, 4) is 0 Å². The number of hydrogen-bond acceptors (Lipinski definition) is 7. The molecule has 138 valence electrons. The van der Waals surface area contributed by atoms with Crippen molar-refractivity contribution >= 4 is 49.3 Å². The summed E-state index contributed by atoms with van der Waals surface area (Å²) in [6.07, 6.45) is 0. The second-order valence-electron chi connectivity index (χ2n) is 5.84. The summed E-state index contributed by atoms with van der Waals surface area (Å²) in [5.41, 5.74) is -0.807. The lowest BCUT2D eigenvalue weighted by Crippen LogP contribution is -2.38. The fourth-order valence-electron chi connectivity index (χ4n) is 1.64. The lowest BCUT2D eigenvalue weighted by Gasteiger charge is -2.20. The van der Waals surface area contributed by atoms with Crippen LogP contribution in [0.5, 0.6) is 0 Å². The van der Waals surface area contributed by atoms with Gasteiger partial charge < -0.3 is 29.5 Å². The van der Waals surface area contributed by atoms with Gasteiger partial charge >= 0.3 is 0 Å². The van der Waals surface area contributed by atoms with E-state index in [1.54, 1.807) is 0 Å².